The minimum Gasteiger partial charge on any atom is -0.508 e. The van der Waals surface area contributed by atoms with Crippen LogP contribution in [0.25, 0.3) is 0 Å². The number of carboxylic acids is 1. The monoisotopic (exact) mass is 524 g/mol. The number of aliphatic hydroxyl groups excluding tert-OH is 1. The molecule has 0 saturated heterocycles. The number of phenols is 1. The first-order chi connectivity index (χ1) is 17.6. The molecule has 0 spiro atoms. The molecular formula is C24H40N6O7. The number of hydrogen-bond donors (Lipinski definition) is 9. The molecule has 13 nitrogen and oxygen atoms in total. The molecule has 0 aromatic heterocycles. The van der Waals surface area contributed by atoms with E-state index in [1.807, 2.05) is 0 Å². The van der Waals surface area contributed by atoms with Crippen LogP contribution < -0.4 is 33.2 Å². The lowest BCUT2D eigenvalue weighted by Gasteiger charge is -2.24. The van der Waals surface area contributed by atoms with Crippen LogP contribution in [-0.2, 0) is 25.6 Å². The van der Waals surface area contributed by atoms with Crippen molar-refractivity contribution in [2.45, 2.75) is 69.1 Å². The van der Waals surface area contributed by atoms with Crippen molar-refractivity contribution in [1.29, 1.82) is 0 Å². The summed E-state index contributed by atoms with van der Waals surface area (Å²) in [5.74, 6) is -3.37. The van der Waals surface area contributed by atoms with Gasteiger partial charge in [-0.3, -0.25) is 14.4 Å². The predicted octanol–water partition coefficient (Wildman–Crippen LogP) is -1.95. The standard InChI is InChI=1S/C24H40N6O7/c25-11-3-1-5-18(28-21(33)17(27)13-15-7-9-16(32)10-8-15)22(34)30-20(14-31)23(35)29-19(24(36)37)6-2-4-12-26/h7-10,17-20,31-32H,1-6,11-14,25-27H2,(H,28,33)(H,29,35)(H,30,34)(H,36,37). The maximum Gasteiger partial charge on any atom is 0.326 e. The number of benzene rings is 1. The number of carboxylic acid groups (broad SMARTS) is 1. The number of aliphatic hydroxyl groups is 1. The van der Waals surface area contributed by atoms with Gasteiger partial charge in [-0.05, 0) is 75.7 Å². The van der Waals surface area contributed by atoms with Crippen molar-refractivity contribution in [2.24, 2.45) is 17.2 Å². The average Bonchev–Trinajstić information content (AvgIpc) is 2.87. The Hall–Kier alpha value is -3.26. The molecule has 4 unspecified atom stereocenters. The highest BCUT2D eigenvalue weighted by Gasteiger charge is 2.29. The van der Waals surface area contributed by atoms with E-state index in [4.69, 9.17) is 17.2 Å². The van der Waals surface area contributed by atoms with Gasteiger partial charge in [0.2, 0.25) is 17.7 Å². The molecule has 4 atom stereocenters. The van der Waals surface area contributed by atoms with E-state index in [-0.39, 0.29) is 25.0 Å². The van der Waals surface area contributed by atoms with Crippen LogP contribution in [0.3, 0.4) is 0 Å². The summed E-state index contributed by atoms with van der Waals surface area (Å²) in [5.41, 5.74) is 17.7. The third-order valence-corrected chi connectivity index (χ3v) is 5.69. The molecule has 1 aromatic rings. The number of carbonyl (C=O) groups is 4. The van der Waals surface area contributed by atoms with Crippen molar-refractivity contribution in [3.8, 4) is 5.75 Å². The number of unbranched alkanes of at least 4 members (excludes halogenated alkanes) is 2. The van der Waals surface area contributed by atoms with E-state index in [1.54, 1.807) is 12.1 Å². The quantitative estimate of drug-likeness (QED) is 0.0961. The van der Waals surface area contributed by atoms with Crippen molar-refractivity contribution in [3.63, 3.8) is 0 Å². The molecule has 0 radical (unpaired) electrons. The van der Waals surface area contributed by atoms with E-state index in [0.29, 0.717) is 44.3 Å². The van der Waals surface area contributed by atoms with Crippen molar-refractivity contribution in [3.05, 3.63) is 29.8 Å². The number of aromatic hydroxyl groups is 1. The lowest BCUT2D eigenvalue weighted by atomic mass is 10.0. The molecule has 3 amide bonds. The van der Waals surface area contributed by atoms with Gasteiger partial charge in [0.05, 0.1) is 12.6 Å². The second-order valence-corrected chi connectivity index (χ2v) is 8.75. The SMILES string of the molecule is NCCCCC(NC(=O)C(CO)NC(=O)C(CCCCN)NC(=O)C(N)Cc1ccc(O)cc1)C(=O)O. The van der Waals surface area contributed by atoms with E-state index in [9.17, 15) is 34.5 Å². The molecule has 1 aromatic carbocycles. The van der Waals surface area contributed by atoms with Crippen LogP contribution in [0.2, 0.25) is 0 Å². The minimum absolute atomic E-state index is 0.0751. The molecular weight excluding hydrogens is 484 g/mol. The fourth-order valence-corrected chi connectivity index (χ4v) is 3.51. The number of phenolic OH excluding ortho intramolecular Hbond substituents is 1. The summed E-state index contributed by atoms with van der Waals surface area (Å²) in [4.78, 5) is 49.7. The van der Waals surface area contributed by atoms with Gasteiger partial charge in [-0.1, -0.05) is 12.1 Å². The highest BCUT2D eigenvalue weighted by atomic mass is 16.4. The largest absolute Gasteiger partial charge is 0.508 e. The van der Waals surface area contributed by atoms with E-state index in [2.05, 4.69) is 16.0 Å². The Morgan fingerprint density at radius 2 is 1.24 bits per heavy atom. The molecule has 0 saturated carbocycles. The zero-order chi connectivity index (χ0) is 27.8. The van der Waals surface area contributed by atoms with Gasteiger partial charge in [-0.2, -0.15) is 0 Å². The Labute approximate surface area is 216 Å². The summed E-state index contributed by atoms with van der Waals surface area (Å²) in [6.07, 6.45) is 2.65. The Morgan fingerprint density at radius 3 is 1.76 bits per heavy atom. The molecule has 37 heavy (non-hydrogen) atoms. The smallest absolute Gasteiger partial charge is 0.326 e. The Morgan fingerprint density at radius 1 is 0.757 bits per heavy atom. The Kier molecular flexibility index (Phi) is 14.8. The first-order valence-corrected chi connectivity index (χ1v) is 12.3. The Balaban J connectivity index is 2.83. The third-order valence-electron chi connectivity index (χ3n) is 5.69. The third kappa shape index (κ3) is 12.0. The average molecular weight is 525 g/mol. The fraction of sp³-hybridized carbons (Fsp3) is 0.583. The maximum absolute atomic E-state index is 12.9. The summed E-state index contributed by atoms with van der Waals surface area (Å²) >= 11 is 0. The van der Waals surface area contributed by atoms with Gasteiger partial charge in [0, 0.05) is 0 Å². The van der Waals surface area contributed by atoms with Crippen LogP contribution >= 0.6 is 0 Å². The van der Waals surface area contributed by atoms with Gasteiger partial charge in [-0.15, -0.1) is 0 Å². The molecule has 13 heteroatoms. The summed E-state index contributed by atoms with van der Waals surface area (Å²) < 4.78 is 0. The number of carbonyl (C=O) groups excluding carboxylic acids is 3. The minimum atomic E-state index is -1.43. The number of aliphatic carboxylic acids is 1. The maximum atomic E-state index is 12.9. The number of hydrogen-bond acceptors (Lipinski definition) is 9. The van der Waals surface area contributed by atoms with E-state index in [1.165, 1.54) is 12.1 Å². The molecule has 0 aliphatic heterocycles. The summed E-state index contributed by atoms with van der Waals surface area (Å²) in [6, 6.07) is 1.50. The zero-order valence-corrected chi connectivity index (χ0v) is 20.9. The van der Waals surface area contributed by atoms with Gasteiger partial charge in [-0.25, -0.2) is 4.79 Å². The lowest BCUT2D eigenvalue weighted by Crippen LogP contribution is -2.58. The zero-order valence-electron chi connectivity index (χ0n) is 20.9. The van der Waals surface area contributed by atoms with Crippen LogP contribution in [0, 0.1) is 0 Å². The normalized spacial score (nSPS) is 14.2. The van der Waals surface area contributed by atoms with E-state index < -0.39 is 54.5 Å². The van der Waals surface area contributed by atoms with Crippen LogP contribution in [0.1, 0.15) is 44.1 Å². The number of rotatable bonds is 18. The van der Waals surface area contributed by atoms with Gasteiger partial charge in [0.1, 0.15) is 23.9 Å². The van der Waals surface area contributed by atoms with Crippen LogP contribution in [-0.4, -0.2) is 82.9 Å². The van der Waals surface area contributed by atoms with Crippen molar-refractivity contribution in [2.75, 3.05) is 19.7 Å². The van der Waals surface area contributed by atoms with Crippen LogP contribution in [0.4, 0.5) is 0 Å². The summed E-state index contributed by atoms with van der Waals surface area (Å²) in [7, 11) is 0. The predicted molar refractivity (Wildman–Crippen MR) is 136 cm³/mol. The molecule has 0 bridgehead atoms. The molecule has 0 heterocycles. The van der Waals surface area contributed by atoms with Gasteiger partial charge in [0.15, 0.2) is 0 Å². The van der Waals surface area contributed by atoms with Crippen LogP contribution in [0.15, 0.2) is 24.3 Å². The second-order valence-electron chi connectivity index (χ2n) is 8.75. The van der Waals surface area contributed by atoms with Gasteiger partial charge in [0.25, 0.3) is 0 Å². The highest BCUT2D eigenvalue weighted by Crippen LogP contribution is 2.11. The topological polar surface area (TPSA) is 243 Å². The van der Waals surface area contributed by atoms with E-state index in [0.717, 1.165) is 0 Å². The fourth-order valence-electron chi connectivity index (χ4n) is 3.51. The second kappa shape index (κ2) is 17.2. The highest BCUT2D eigenvalue weighted by molar-refractivity contribution is 5.94. The molecule has 0 aliphatic rings. The number of nitrogens with two attached hydrogens (primary N) is 3. The van der Waals surface area contributed by atoms with Crippen molar-refractivity contribution < 1.29 is 34.5 Å². The molecule has 208 valence electrons. The lowest BCUT2D eigenvalue weighted by molar-refractivity contribution is -0.142. The molecule has 1 rings (SSSR count). The molecule has 12 N–H and O–H groups in total. The van der Waals surface area contributed by atoms with Gasteiger partial charge < -0.3 is 48.5 Å². The summed E-state index contributed by atoms with van der Waals surface area (Å²) in [5, 5.41) is 35.7. The summed E-state index contributed by atoms with van der Waals surface area (Å²) in [6.45, 7) is -0.0208. The van der Waals surface area contributed by atoms with Crippen LogP contribution in [0.5, 0.6) is 5.75 Å². The number of amides is 3. The van der Waals surface area contributed by atoms with Crippen molar-refractivity contribution >= 4 is 23.7 Å². The first-order valence-electron chi connectivity index (χ1n) is 12.3. The molecule has 0 aliphatic carbocycles. The van der Waals surface area contributed by atoms with Crippen molar-refractivity contribution in [1.82, 2.24) is 16.0 Å². The van der Waals surface area contributed by atoms with E-state index >= 15 is 0 Å². The number of nitrogens with one attached hydrogen (secondary N) is 3. The molecule has 0 fully saturated rings. The Bertz CT molecular complexity index is 868. The first kappa shape index (κ1) is 31.8. The van der Waals surface area contributed by atoms with Gasteiger partial charge >= 0.3 is 5.97 Å².